The lowest BCUT2D eigenvalue weighted by Gasteiger charge is -2.37. The summed E-state index contributed by atoms with van der Waals surface area (Å²) in [5.74, 6) is 4.91. The third-order valence-corrected chi connectivity index (χ3v) is 5.65. The van der Waals surface area contributed by atoms with Crippen LogP contribution in [0.2, 0.25) is 0 Å². The van der Waals surface area contributed by atoms with E-state index in [4.69, 9.17) is 5.84 Å². The number of nitrogens with two attached hydrogens (primary N) is 1. The zero-order chi connectivity index (χ0) is 20.7. The lowest BCUT2D eigenvalue weighted by Crippen LogP contribution is -2.31. The molecule has 1 aromatic carbocycles. The van der Waals surface area contributed by atoms with Crippen LogP contribution < -0.4 is 11.3 Å². The van der Waals surface area contributed by atoms with Crippen molar-refractivity contribution < 1.29 is 4.79 Å². The van der Waals surface area contributed by atoms with E-state index in [1.807, 2.05) is 12.1 Å². The minimum atomic E-state index is -0.239. The summed E-state index contributed by atoms with van der Waals surface area (Å²) in [6.07, 6.45) is 6.52. The van der Waals surface area contributed by atoms with Crippen molar-refractivity contribution in [3.8, 4) is 0 Å². The predicted octanol–water partition coefficient (Wildman–Crippen LogP) is 4.11. The van der Waals surface area contributed by atoms with Gasteiger partial charge in [0.1, 0.15) is 0 Å². The van der Waals surface area contributed by atoms with Crippen molar-refractivity contribution in [1.82, 2.24) is 10.4 Å². The van der Waals surface area contributed by atoms with Gasteiger partial charge in [-0.1, -0.05) is 58.6 Å². The first-order valence-electron chi connectivity index (χ1n) is 9.55. The number of aryl methyl sites for hydroxylation is 1. The molecule has 28 heavy (non-hydrogen) atoms. The molecular formula is C24H29N3O. The SMILES string of the molecule is C=C(c1ccc(CC(=O)NN)cn1)c1cc2c(cc1C)C(C)(C)C=CC2(C)C. The van der Waals surface area contributed by atoms with Crippen molar-refractivity contribution in [3.63, 3.8) is 0 Å². The van der Waals surface area contributed by atoms with E-state index in [9.17, 15) is 4.79 Å². The van der Waals surface area contributed by atoms with E-state index in [-0.39, 0.29) is 23.2 Å². The van der Waals surface area contributed by atoms with Crippen LogP contribution in [-0.2, 0) is 22.0 Å². The number of nitrogens with zero attached hydrogens (tertiary/aromatic N) is 1. The van der Waals surface area contributed by atoms with E-state index in [1.165, 1.54) is 16.7 Å². The molecule has 3 N–H and O–H groups in total. The fraction of sp³-hybridized carbons (Fsp3) is 0.333. The molecule has 1 heterocycles. The van der Waals surface area contributed by atoms with Gasteiger partial charge in [0.2, 0.25) is 5.91 Å². The van der Waals surface area contributed by atoms with Gasteiger partial charge in [0.05, 0.1) is 12.1 Å². The number of hydrogen-bond donors (Lipinski definition) is 2. The molecule has 4 heteroatoms. The summed E-state index contributed by atoms with van der Waals surface area (Å²) < 4.78 is 0. The summed E-state index contributed by atoms with van der Waals surface area (Å²) in [4.78, 5) is 16.0. The Labute approximate surface area is 167 Å². The molecule has 1 aliphatic rings. The average molecular weight is 376 g/mol. The standard InChI is InChI=1S/C24H29N3O/c1-15-11-19-20(24(5,6)10-9-23(19,3)4)13-18(15)16(2)21-8-7-17(14-26-21)12-22(28)27-25/h7-11,13-14H,2,12,25H2,1,3-6H3,(H,27,28). The van der Waals surface area contributed by atoms with Gasteiger partial charge >= 0.3 is 0 Å². The summed E-state index contributed by atoms with van der Waals surface area (Å²) in [6.45, 7) is 15.4. The van der Waals surface area contributed by atoms with Crippen LogP contribution >= 0.6 is 0 Å². The number of carbonyl (C=O) groups is 1. The number of hydrogen-bond acceptors (Lipinski definition) is 3. The summed E-state index contributed by atoms with van der Waals surface area (Å²) in [5.41, 5.74) is 9.63. The van der Waals surface area contributed by atoms with Crippen LogP contribution in [-0.4, -0.2) is 10.9 Å². The van der Waals surface area contributed by atoms with E-state index in [1.54, 1.807) is 6.20 Å². The molecule has 0 unspecified atom stereocenters. The second kappa shape index (κ2) is 7.02. The topological polar surface area (TPSA) is 68.0 Å². The monoisotopic (exact) mass is 375 g/mol. The highest BCUT2D eigenvalue weighted by molar-refractivity contribution is 5.80. The lowest BCUT2D eigenvalue weighted by molar-refractivity contribution is -0.120. The van der Waals surface area contributed by atoms with Crippen molar-refractivity contribution >= 4 is 11.5 Å². The maximum atomic E-state index is 11.4. The van der Waals surface area contributed by atoms with Gasteiger partial charge in [-0.05, 0) is 46.9 Å². The second-order valence-electron chi connectivity index (χ2n) is 8.76. The van der Waals surface area contributed by atoms with Crippen LogP contribution in [0.15, 0.2) is 49.2 Å². The van der Waals surface area contributed by atoms with Gasteiger partial charge in [0, 0.05) is 22.6 Å². The predicted molar refractivity (Wildman–Crippen MR) is 115 cm³/mol. The number of aromatic nitrogens is 1. The fourth-order valence-electron chi connectivity index (χ4n) is 3.78. The summed E-state index contributed by atoms with van der Waals surface area (Å²) in [7, 11) is 0. The van der Waals surface area contributed by atoms with Crippen LogP contribution in [0.1, 0.15) is 61.2 Å². The molecular weight excluding hydrogens is 346 g/mol. The summed E-state index contributed by atoms with van der Waals surface area (Å²) in [6, 6.07) is 8.37. The summed E-state index contributed by atoms with van der Waals surface area (Å²) >= 11 is 0. The number of pyridine rings is 1. The maximum Gasteiger partial charge on any atom is 0.238 e. The number of hydrazine groups is 1. The van der Waals surface area contributed by atoms with Crippen molar-refractivity contribution in [2.45, 2.75) is 51.9 Å². The molecule has 0 saturated heterocycles. The van der Waals surface area contributed by atoms with Crippen LogP contribution in [0.4, 0.5) is 0 Å². The highest BCUT2D eigenvalue weighted by atomic mass is 16.2. The Morgan fingerprint density at radius 3 is 2.25 bits per heavy atom. The van der Waals surface area contributed by atoms with Crippen molar-refractivity contribution in [2.75, 3.05) is 0 Å². The number of nitrogens with one attached hydrogen (secondary N) is 1. The van der Waals surface area contributed by atoms with E-state index in [0.29, 0.717) is 0 Å². The Bertz CT molecular complexity index is 966. The molecule has 1 aliphatic carbocycles. The van der Waals surface area contributed by atoms with Gasteiger partial charge in [-0.3, -0.25) is 15.2 Å². The minimum Gasteiger partial charge on any atom is -0.294 e. The molecule has 1 amide bonds. The largest absolute Gasteiger partial charge is 0.294 e. The first kappa shape index (κ1) is 20.0. The number of allylic oxidation sites excluding steroid dienone is 2. The molecule has 0 aliphatic heterocycles. The quantitative estimate of drug-likeness (QED) is 0.366. The molecule has 0 spiro atoms. The van der Waals surface area contributed by atoms with Gasteiger partial charge in [0.15, 0.2) is 0 Å². The van der Waals surface area contributed by atoms with Crippen LogP contribution in [0.25, 0.3) is 5.57 Å². The Hall–Kier alpha value is -2.72. The van der Waals surface area contributed by atoms with E-state index < -0.39 is 0 Å². The molecule has 146 valence electrons. The minimum absolute atomic E-state index is 0.0128. The van der Waals surface area contributed by atoms with Crippen LogP contribution in [0, 0.1) is 6.92 Å². The zero-order valence-corrected chi connectivity index (χ0v) is 17.4. The van der Waals surface area contributed by atoms with Gasteiger partial charge in [-0.25, -0.2) is 5.84 Å². The van der Waals surface area contributed by atoms with Crippen molar-refractivity contribution in [1.29, 1.82) is 0 Å². The number of amides is 1. The second-order valence-corrected chi connectivity index (χ2v) is 8.76. The maximum absolute atomic E-state index is 11.4. The molecule has 0 bridgehead atoms. The van der Waals surface area contributed by atoms with E-state index in [0.717, 1.165) is 22.4 Å². The van der Waals surface area contributed by atoms with E-state index >= 15 is 0 Å². The number of fused-ring (bicyclic) bond motifs is 1. The summed E-state index contributed by atoms with van der Waals surface area (Å²) in [5, 5.41) is 0. The van der Waals surface area contributed by atoms with Gasteiger partial charge in [-0.2, -0.15) is 0 Å². The zero-order valence-electron chi connectivity index (χ0n) is 17.4. The molecule has 0 fully saturated rings. The molecule has 0 radical (unpaired) electrons. The van der Waals surface area contributed by atoms with Crippen LogP contribution in [0.3, 0.4) is 0 Å². The van der Waals surface area contributed by atoms with Gasteiger partial charge < -0.3 is 0 Å². The van der Waals surface area contributed by atoms with Crippen LogP contribution in [0.5, 0.6) is 0 Å². The molecule has 3 rings (SSSR count). The third kappa shape index (κ3) is 3.65. The Morgan fingerprint density at radius 2 is 1.71 bits per heavy atom. The number of rotatable bonds is 4. The molecule has 2 aromatic rings. The highest BCUT2D eigenvalue weighted by Crippen LogP contribution is 2.43. The molecule has 1 aromatic heterocycles. The average Bonchev–Trinajstić information content (AvgIpc) is 2.65. The lowest BCUT2D eigenvalue weighted by atomic mass is 9.67. The molecule has 0 saturated carbocycles. The normalized spacial score (nSPS) is 16.4. The van der Waals surface area contributed by atoms with Gasteiger partial charge in [0.25, 0.3) is 0 Å². The smallest absolute Gasteiger partial charge is 0.238 e. The highest BCUT2D eigenvalue weighted by Gasteiger charge is 2.33. The van der Waals surface area contributed by atoms with Gasteiger partial charge in [-0.15, -0.1) is 0 Å². The fourth-order valence-corrected chi connectivity index (χ4v) is 3.78. The Kier molecular flexibility index (Phi) is 5.02. The molecule has 4 nitrogen and oxygen atoms in total. The Balaban J connectivity index is 1.99. The third-order valence-electron chi connectivity index (χ3n) is 5.65. The van der Waals surface area contributed by atoms with Crippen molar-refractivity contribution in [3.05, 3.63) is 82.7 Å². The Morgan fingerprint density at radius 1 is 1.11 bits per heavy atom. The first-order chi connectivity index (χ1) is 13.0. The number of carbonyl (C=O) groups excluding carboxylic acids is 1. The molecule has 0 atom stereocenters. The number of benzene rings is 1. The van der Waals surface area contributed by atoms with Crippen molar-refractivity contribution in [2.24, 2.45) is 5.84 Å². The van der Waals surface area contributed by atoms with E-state index in [2.05, 4.69) is 75.9 Å². The first-order valence-corrected chi connectivity index (χ1v) is 9.55.